The molecule has 0 aliphatic heterocycles. The lowest BCUT2D eigenvalue weighted by Crippen LogP contribution is -2.49. The molecule has 0 amide bonds. The molecule has 1 aliphatic rings. The molecule has 0 N–H and O–H groups in total. The Hall–Kier alpha value is -2.94. The van der Waals surface area contributed by atoms with E-state index in [0.717, 1.165) is 0 Å². The van der Waals surface area contributed by atoms with Gasteiger partial charge in [0.1, 0.15) is 5.41 Å². The maximum absolute atomic E-state index is 13.8. The van der Waals surface area contributed by atoms with Crippen molar-refractivity contribution < 1.29 is 16.8 Å². The van der Waals surface area contributed by atoms with E-state index in [9.17, 15) is 27.4 Å². The van der Waals surface area contributed by atoms with E-state index in [-0.39, 0.29) is 16.2 Å². The van der Waals surface area contributed by atoms with Crippen molar-refractivity contribution in [1.82, 2.24) is 0 Å². The molecular formula is C21H18N2O4S2. The molecule has 0 heterocycles. The Morgan fingerprint density at radius 3 is 1.62 bits per heavy atom. The zero-order chi connectivity index (χ0) is 21.3. The van der Waals surface area contributed by atoms with Crippen LogP contribution in [0.1, 0.15) is 12.8 Å². The van der Waals surface area contributed by atoms with Crippen LogP contribution in [0.15, 0.2) is 83.1 Å². The van der Waals surface area contributed by atoms with Crippen molar-refractivity contribution in [2.24, 2.45) is 11.3 Å². The largest absolute Gasteiger partial charge is 0.222 e. The predicted octanol–water partition coefficient (Wildman–Crippen LogP) is 3.26. The quantitative estimate of drug-likeness (QED) is 0.678. The minimum atomic E-state index is -4.52. The van der Waals surface area contributed by atoms with Crippen LogP contribution in [0.3, 0.4) is 0 Å². The number of nitrogens with zero attached hydrogens (tertiary/aromatic N) is 2. The van der Waals surface area contributed by atoms with Crippen LogP contribution < -0.4 is 0 Å². The highest BCUT2D eigenvalue weighted by molar-refractivity contribution is 8.10. The lowest BCUT2D eigenvalue weighted by molar-refractivity contribution is 0.507. The first kappa shape index (κ1) is 20.8. The molecule has 6 nitrogen and oxygen atoms in total. The molecule has 0 spiro atoms. The topological polar surface area (TPSA) is 116 Å². The van der Waals surface area contributed by atoms with Gasteiger partial charge >= 0.3 is 0 Å². The summed E-state index contributed by atoms with van der Waals surface area (Å²) in [4.78, 5) is -0.365. The van der Waals surface area contributed by atoms with Crippen molar-refractivity contribution in [2.75, 3.05) is 0 Å². The Kier molecular flexibility index (Phi) is 5.12. The van der Waals surface area contributed by atoms with E-state index < -0.39 is 41.5 Å². The van der Waals surface area contributed by atoms with Crippen LogP contribution in [-0.4, -0.2) is 20.9 Å². The van der Waals surface area contributed by atoms with Gasteiger partial charge in [-0.25, -0.2) is 16.8 Å². The molecule has 1 unspecified atom stereocenters. The van der Waals surface area contributed by atoms with Crippen LogP contribution in [0.5, 0.6) is 0 Å². The molecule has 29 heavy (non-hydrogen) atoms. The van der Waals surface area contributed by atoms with Crippen LogP contribution in [0.25, 0.3) is 0 Å². The second kappa shape index (κ2) is 7.14. The van der Waals surface area contributed by atoms with Gasteiger partial charge in [0, 0.05) is 12.3 Å². The highest BCUT2D eigenvalue weighted by Crippen LogP contribution is 2.57. The maximum Gasteiger partial charge on any atom is 0.199 e. The van der Waals surface area contributed by atoms with Gasteiger partial charge in [0.25, 0.3) is 0 Å². The summed E-state index contributed by atoms with van der Waals surface area (Å²) in [5.41, 5.74) is -1.76. The molecule has 1 saturated carbocycles. The van der Waals surface area contributed by atoms with Crippen molar-refractivity contribution in [2.45, 2.75) is 26.7 Å². The van der Waals surface area contributed by atoms with Crippen molar-refractivity contribution >= 4 is 19.7 Å². The second-order valence-electron chi connectivity index (χ2n) is 6.97. The van der Waals surface area contributed by atoms with Crippen molar-refractivity contribution in [3.8, 4) is 12.1 Å². The van der Waals surface area contributed by atoms with Crippen LogP contribution >= 0.6 is 0 Å². The van der Waals surface area contributed by atoms with Crippen LogP contribution in [0.2, 0.25) is 0 Å². The third-order valence-electron chi connectivity index (χ3n) is 5.41. The number of allylic oxidation sites excluding steroid dienone is 1. The number of hydrogen-bond acceptors (Lipinski definition) is 6. The van der Waals surface area contributed by atoms with Crippen LogP contribution in [-0.2, 0) is 19.7 Å². The smallest absolute Gasteiger partial charge is 0.199 e. The minimum absolute atomic E-state index is 0.182. The number of nitriles is 2. The van der Waals surface area contributed by atoms with Gasteiger partial charge in [-0.3, -0.25) is 0 Å². The van der Waals surface area contributed by atoms with Gasteiger partial charge < -0.3 is 0 Å². The summed E-state index contributed by atoms with van der Waals surface area (Å²) in [5.74, 6) is -1.14. The molecule has 1 atom stereocenters. The van der Waals surface area contributed by atoms with Crippen LogP contribution in [0, 0.1) is 34.0 Å². The van der Waals surface area contributed by atoms with Gasteiger partial charge in [0.15, 0.2) is 23.8 Å². The van der Waals surface area contributed by atoms with Gasteiger partial charge in [-0.1, -0.05) is 42.5 Å². The molecule has 0 radical (unpaired) electrons. The second-order valence-corrected chi connectivity index (χ2v) is 11.6. The average Bonchev–Trinajstić information content (AvgIpc) is 3.13. The third-order valence-corrected chi connectivity index (χ3v) is 11.2. The van der Waals surface area contributed by atoms with E-state index in [1.54, 1.807) is 12.1 Å². The normalized spacial score (nSPS) is 20.3. The summed E-state index contributed by atoms with van der Waals surface area (Å²) >= 11 is 0. The lowest BCUT2D eigenvalue weighted by Gasteiger charge is -2.33. The van der Waals surface area contributed by atoms with Gasteiger partial charge in [-0.15, -0.1) is 6.58 Å². The zero-order valence-corrected chi connectivity index (χ0v) is 17.0. The number of benzene rings is 2. The van der Waals surface area contributed by atoms with Gasteiger partial charge in [-0.2, -0.15) is 10.5 Å². The highest BCUT2D eigenvalue weighted by Gasteiger charge is 2.69. The standard InChI is InChI=1S/C21H18N2O4S2/c1-2-17-13-20(15-22,16-23)14-21(17,28(24,25)18-9-5-3-6-10-18)29(26,27)19-11-7-4-8-12-19/h2-12,17H,1,13-14H2. The lowest BCUT2D eigenvalue weighted by atomic mass is 9.89. The predicted molar refractivity (Wildman–Crippen MR) is 107 cm³/mol. The minimum Gasteiger partial charge on any atom is -0.222 e. The van der Waals surface area contributed by atoms with Crippen molar-refractivity contribution in [3.05, 3.63) is 73.3 Å². The summed E-state index contributed by atoms with van der Waals surface area (Å²) in [5, 5.41) is 19.3. The summed E-state index contributed by atoms with van der Waals surface area (Å²) in [6.07, 6.45) is 0.344. The fourth-order valence-electron chi connectivity index (χ4n) is 3.94. The maximum atomic E-state index is 13.8. The Morgan fingerprint density at radius 2 is 1.28 bits per heavy atom. The summed E-state index contributed by atoms with van der Waals surface area (Å²) in [7, 11) is -9.04. The first-order chi connectivity index (χ1) is 13.7. The third kappa shape index (κ3) is 2.88. The zero-order valence-electron chi connectivity index (χ0n) is 15.4. The first-order valence-electron chi connectivity index (χ1n) is 8.75. The highest BCUT2D eigenvalue weighted by atomic mass is 32.3. The van der Waals surface area contributed by atoms with Crippen molar-refractivity contribution in [3.63, 3.8) is 0 Å². The van der Waals surface area contributed by atoms with E-state index in [4.69, 9.17) is 0 Å². The Balaban J connectivity index is 2.43. The van der Waals surface area contributed by atoms with Crippen LogP contribution in [0.4, 0.5) is 0 Å². The first-order valence-corrected chi connectivity index (χ1v) is 11.7. The number of hydrogen-bond donors (Lipinski definition) is 0. The average molecular weight is 427 g/mol. The molecule has 8 heteroatoms. The number of sulfone groups is 2. The Labute approximate surface area is 170 Å². The molecule has 0 bridgehead atoms. The molecule has 0 saturated heterocycles. The van der Waals surface area contributed by atoms with Gasteiger partial charge in [0.05, 0.1) is 21.9 Å². The van der Waals surface area contributed by atoms with E-state index in [1.807, 2.05) is 12.1 Å². The fraction of sp³-hybridized carbons (Fsp3) is 0.238. The molecule has 3 rings (SSSR count). The summed E-state index contributed by atoms with van der Waals surface area (Å²) < 4.78 is 52.9. The van der Waals surface area contributed by atoms with Gasteiger partial charge in [0.2, 0.25) is 0 Å². The molecule has 2 aromatic carbocycles. The Bertz CT molecular complexity index is 1140. The van der Waals surface area contributed by atoms with E-state index in [1.165, 1.54) is 54.6 Å². The molecule has 2 aromatic rings. The monoisotopic (exact) mass is 426 g/mol. The SMILES string of the molecule is C=CC1CC(C#N)(C#N)CC1(S(=O)(=O)c1ccccc1)S(=O)(=O)c1ccccc1. The fourth-order valence-corrected chi connectivity index (χ4v) is 9.54. The molecule has 148 valence electrons. The summed E-state index contributed by atoms with van der Waals surface area (Å²) in [6.45, 7) is 3.64. The van der Waals surface area contributed by atoms with Crippen molar-refractivity contribution in [1.29, 1.82) is 10.5 Å². The molecule has 0 aromatic heterocycles. The summed E-state index contributed by atoms with van der Waals surface area (Å²) in [6, 6.07) is 18.2. The van der Waals surface area contributed by atoms with E-state index >= 15 is 0 Å². The number of rotatable bonds is 5. The van der Waals surface area contributed by atoms with E-state index in [2.05, 4.69) is 6.58 Å². The molecular weight excluding hydrogens is 408 g/mol. The molecule has 1 aliphatic carbocycles. The van der Waals surface area contributed by atoms with E-state index in [0.29, 0.717) is 0 Å². The van der Waals surface area contributed by atoms with Gasteiger partial charge in [-0.05, 0) is 30.7 Å². The Morgan fingerprint density at radius 1 is 0.862 bits per heavy atom. The molecule has 1 fully saturated rings.